The molecule has 0 aliphatic carbocycles. The molecule has 0 heterocycles. The van der Waals surface area contributed by atoms with Gasteiger partial charge in [-0.3, -0.25) is 0 Å². The van der Waals surface area contributed by atoms with Crippen molar-refractivity contribution in [1.29, 1.82) is 0 Å². The first-order chi connectivity index (χ1) is 8.30. The van der Waals surface area contributed by atoms with E-state index >= 15 is 0 Å². The zero-order chi connectivity index (χ0) is 13.9. The van der Waals surface area contributed by atoms with Crippen LogP contribution in [-0.2, 0) is 16.6 Å². The lowest BCUT2D eigenvalue weighted by molar-refractivity contribution is 0.410. The molecule has 0 aromatic heterocycles. The van der Waals surface area contributed by atoms with E-state index < -0.39 is 10.0 Å². The van der Waals surface area contributed by atoms with Crippen LogP contribution < -0.4 is 5.32 Å². The Balaban J connectivity index is 3.18. The number of halogens is 1. The molecule has 1 rings (SSSR count). The summed E-state index contributed by atoms with van der Waals surface area (Å²) in [6, 6.07) is 5.23. The zero-order valence-electron chi connectivity index (χ0n) is 11.1. The number of hydrogen-bond acceptors (Lipinski definition) is 3. The minimum Gasteiger partial charge on any atom is -0.316 e. The molecule has 1 N–H and O–H groups in total. The van der Waals surface area contributed by atoms with Crippen LogP contribution in [0.5, 0.6) is 0 Å². The molecule has 18 heavy (non-hydrogen) atoms. The van der Waals surface area contributed by atoms with Gasteiger partial charge in [0.2, 0.25) is 10.0 Å². The molecule has 0 bridgehead atoms. The van der Waals surface area contributed by atoms with Gasteiger partial charge in [-0.05, 0) is 54.5 Å². The zero-order valence-corrected chi connectivity index (χ0v) is 13.5. The molecule has 0 atom stereocenters. The summed E-state index contributed by atoms with van der Waals surface area (Å²) in [7, 11) is 0.00894. The van der Waals surface area contributed by atoms with Crippen molar-refractivity contribution in [3.63, 3.8) is 0 Å². The lowest BCUT2D eigenvalue weighted by atomic mass is 10.2. The highest BCUT2D eigenvalue weighted by Crippen LogP contribution is 2.26. The molecule has 0 amide bonds. The normalized spacial score (nSPS) is 12.4. The summed E-state index contributed by atoms with van der Waals surface area (Å²) >= 11 is 3.34. The van der Waals surface area contributed by atoms with Gasteiger partial charge >= 0.3 is 0 Å². The summed E-state index contributed by atoms with van der Waals surface area (Å²) in [5.74, 6) is 0. The van der Waals surface area contributed by atoms with Crippen LogP contribution in [0.3, 0.4) is 0 Å². The van der Waals surface area contributed by atoms with E-state index in [2.05, 4.69) is 21.2 Å². The Kier molecular flexibility index (Phi) is 5.33. The Morgan fingerprint density at radius 3 is 2.44 bits per heavy atom. The molecule has 0 saturated heterocycles. The van der Waals surface area contributed by atoms with Gasteiger partial charge in [0, 0.05) is 24.1 Å². The van der Waals surface area contributed by atoms with Gasteiger partial charge in [0.1, 0.15) is 0 Å². The standard InChI is InChI=1S/C12H19BrN2O2S/c1-9(2)15(4)18(16,17)12-6-5-10(8-14-3)7-11(12)13/h5-7,9,14H,8H2,1-4H3. The fraction of sp³-hybridized carbons (Fsp3) is 0.500. The van der Waals surface area contributed by atoms with E-state index in [4.69, 9.17) is 0 Å². The van der Waals surface area contributed by atoms with Crippen LogP contribution in [-0.4, -0.2) is 32.9 Å². The Morgan fingerprint density at radius 1 is 1.39 bits per heavy atom. The molecule has 4 nitrogen and oxygen atoms in total. The van der Waals surface area contributed by atoms with Crippen molar-refractivity contribution in [2.45, 2.75) is 31.3 Å². The van der Waals surface area contributed by atoms with Crippen LogP contribution in [0.1, 0.15) is 19.4 Å². The van der Waals surface area contributed by atoms with Gasteiger partial charge in [0.25, 0.3) is 0 Å². The third-order valence-electron chi connectivity index (χ3n) is 2.76. The molecular formula is C12H19BrN2O2S. The number of nitrogens with zero attached hydrogens (tertiary/aromatic N) is 1. The number of hydrogen-bond donors (Lipinski definition) is 1. The lowest BCUT2D eigenvalue weighted by Crippen LogP contribution is -2.33. The molecule has 0 aliphatic heterocycles. The fourth-order valence-corrected chi connectivity index (χ4v) is 3.95. The lowest BCUT2D eigenvalue weighted by Gasteiger charge is -2.21. The molecule has 0 radical (unpaired) electrons. The maximum absolute atomic E-state index is 12.3. The van der Waals surface area contributed by atoms with E-state index in [-0.39, 0.29) is 6.04 Å². The highest BCUT2D eigenvalue weighted by molar-refractivity contribution is 9.10. The maximum atomic E-state index is 12.3. The Morgan fingerprint density at radius 2 is 2.00 bits per heavy atom. The first kappa shape index (κ1) is 15.6. The van der Waals surface area contributed by atoms with Crippen LogP contribution in [0.2, 0.25) is 0 Å². The van der Waals surface area contributed by atoms with Crippen molar-refractivity contribution in [2.75, 3.05) is 14.1 Å². The number of rotatable bonds is 5. The third kappa shape index (κ3) is 3.32. The number of sulfonamides is 1. The van der Waals surface area contributed by atoms with Gasteiger partial charge in [0.05, 0.1) is 4.90 Å². The molecule has 0 saturated carbocycles. The average molecular weight is 335 g/mol. The van der Waals surface area contributed by atoms with E-state index in [0.29, 0.717) is 15.9 Å². The van der Waals surface area contributed by atoms with Gasteiger partial charge in [-0.2, -0.15) is 4.31 Å². The van der Waals surface area contributed by atoms with Crippen LogP contribution in [0.25, 0.3) is 0 Å². The molecular weight excluding hydrogens is 316 g/mol. The monoisotopic (exact) mass is 334 g/mol. The predicted octanol–water partition coefficient (Wildman–Crippen LogP) is 2.20. The molecule has 1 aromatic carbocycles. The van der Waals surface area contributed by atoms with Gasteiger partial charge in [-0.25, -0.2) is 8.42 Å². The van der Waals surface area contributed by atoms with Crippen molar-refractivity contribution < 1.29 is 8.42 Å². The number of nitrogens with one attached hydrogen (secondary N) is 1. The topological polar surface area (TPSA) is 49.4 Å². The van der Waals surface area contributed by atoms with E-state index in [1.165, 1.54) is 4.31 Å². The second kappa shape index (κ2) is 6.14. The van der Waals surface area contributed by atoms with E-state index in [1.54, 1.807) is 13.1 Å². The molecule has 1 aromatic rings. The maximum Gasteiger partial charge on any atom is 0.244 e. The molecule has 6 heteroatoms. The minimum absolute atomic E-state index is 0.0705. The van der Waals surface area contributed by atoms with Gasteiger partial charge in [0.15, 0.2) is 0 Å². The SMILES string of the molecule is CNCc1ccc(S(=O)(=O)N(C)C(C)C)c(Br)c1. The Bertz CT molecular complexity index is 515. The predicted molar refractivity (Wildman–Crippen MR) is 77.0 cm³/mol. The summed E-state index contributed by atoms with van der Waals surface area (Å²) < 4.78 is 26.7. The largest absolute Gasteiger partial charge is 0.316 e. The molecule has 0 spiro atoms. The van der Waals surface area contributed by atoms with Crippen LogP contribution in [0.15, 0.2) is 27.6 Å². The summed E-state index contributed by atoms with van der Waals surface area (Å²) in [5.41, 5.74) is 1.04. The van der Waals surface area contributed by atoms with Crippen molar-refractivity contribution in [1.82, 2.24) is 9.62 Å². The average Bonchev–Trinajstić information content (AvgIpc) is 2.28. The Hall–Kier alpha value is -0.430. The highest BCUT2D eigenvalue weighted by atomic mass is 79.9. The van der Waals surface area contributed by atoms with E-state index in [1.807, 2.05) is 33.0 Å². The second-order valence-electron chi connectivity index (χ2n) is 4.41. The van der Waals surface area contributed by atoms with Gasteiger partial charge in [-0.1, -0.05) is 6.07 Å². The molecule has 0 unspecified atom stereocenters. The van der Waals surface area contributed by atoms with Gasteiger partial charge < -0.3 is 5.32 Å². The first-order valence-electron chi connectivity index (χ1n) is 5.71. The van der Waals surface area contributed by atoms with Gasteiger partial charge in [-0.15, -0.1) is 0 Å². The summed E-state index contributed by atoms with van der Waals surface area (Å²) in [6.07, 6.45) is 0. The minimum atomic E-state index is -3.43. The summed E-state index contributed by atoms with van der Waals surface area (Å²) in [4.78, 5) is 0.304. The quantitative estimate of drug-likeness (QED) is 0.897. The molecule has 102 valence electrons. The van der Waals surface area contributed by atoms with Crippen LogP contribution >= 0.6 is 15.9 Å². The first-order valence-corrected chi connectivity index (χ1v) is 7.95. The van der Waals surface area contributed by atoms with E-state index in [0.717, 1.165) is 5.56 Å². The van der Waals surface area contributed by atoms with Crippen LogP contribution in [0.4, 0.5) is 0 Å². The second-order valence-corrected chi connectivity index (χ2v) is 7.23. The number of benzene rings is 1. The van der Waals surface area contributed by atoms with Crippen molar-refractivity contribution in [3.05, 3.63) is 28.2 Å². The molecule has 0 fully saturated rings. The van der Waals surface area contributed by atoms with Crippen molar-refractivity contribution >= 4 is 26.0 Å². The Labute approximate surface area is 118 Å². The van der Waals surface area contributed by atoms with Crippen LogP contribution in [0, 0.1) is 0 Å². The fourth-order valence-electron chi connectivity index (χ4n) is 1.50. The smallest absolute Gasteiger partial charge is 0.244 e. The van der Waals surface area contributed by atoms with Crippen molar-refractivity contribution in [2.24, 2.45) is 0 Å². The van der Waals surface area contributed by atoms with E-state index in [9.17, 15) is 8.42 Å². The third-order valence-corrected chi connectivity index (χ3v) is 5.77. The summed E-state index contributed by atoms with van der Waals surface area (Å²) in [5, 5.41) is 3.03. The summed E-state index contributed by atoms with van der Waals surface area (Å²) in [6.45, 7) is 4.40. The highest BCUT2D eigenvalue weighted by Gasteiger charge is 2.25. The molecule has 0 aliphatic rings. The van der Waals surface area contributed by atoms with Crippen molar-refractivity contribution in [3.8, 4) is 0 Å².